The SMILES string of the molecule is CSc1cccc(NC(=O)[C@@H](C)OC(=O)c2cc(C(C)=O)cn2C)c1. The number of nitrogens with zero attached hydrogens (tertiary/aromatic N) is 1. The number of ketones is 1. The monoisotopic (exact) mass is 360 g/mol. The smallest absolute Gasteiger partial charge is 0.355 e. The zero-order chi connectivity index (χ0) is 18.6. The lowest BCUT2D eigenvalue weighted by Crippen LogP contribution is -2.30. The van der Waals surface area contributed by atoms with Crippen molar-refractivity contribution in [2.24, 2.45) is 7.05 Å². The Balaban J connectivity index is 2.02. The summed E-state index contributed by atoms with van der Waals surface area (Å²) in [5, 5.41) is 2.72. The number of anilines is 1. The minimum absolute atomic E-state index is 0.144. The maximum absolute atomic E-state index is 12.2. The molecule has 1 aromatic heterocycles. The van der Waals surface area contributed by atoms with Gasteiger partial charge in [0, 0.05) is 29.4 Å². The van der Waals surface area contributed by atoms with Gasteiger partial charge in [-0.05, 0) is 44.4 Å². The van der Waals surface area contributed by atoms with Crippen LogP contribution < -0.4 is 5.32 Å². The fourth-order valence-corrected chi connectivity index (χ4v) is 2.64. The Labute approximate surface area is 150 Å². The van der Waals surface area contributed by atoms with Crippen LogP contribution in [-0.4, -0.2) is 34.6 Å². The van der Waals surface area contributed by atoms with E-state index in [1.54, 1.807) is 31.1 Å². The van der Waals surface area contributed by atoms with Crippen molar-refractivity contribution in [3.63, 3.8) is 0 Å². The third kappa shape index (κ3) is 4.73. The topological polar surface area (TPSA) is 77.4 Å². The molecule has 0 saturated carbocycles. The van der Waals surface area contributed by atoms with Gasteiger partial charge in [-0.25, -0.2) is 4.79 Å². The first-order chi connectivity index (χ1) is 11.8. The number of hydrogen-bond acceptors (Lipinski definition) is 5. The predicted molar refractivity (Wildman–Crippen MR) is 97.1 cm³/mol. The maximum Gasteiger partial charge on any atom is 0.355 e. The number of thioether (sulfide) groups is 1. The molecule has 0 aliphatic rings. The van der Waals surface area contributed by atoms with E-state index in [9.17, 15) is 14.4 Å². The summed E-state index contributed by atoms with van der Waals surface area (Å²) in [6, 6.07) is 8.84. The summed E-state index contributed by atoms with van der Waals surface area (Å²) in [5.41, 5.74) is 1.27. The molecule has 0 bridgehead atoms. The molecule has 2 aromatic rings. The molecule has 7 heteroatoms. The van der Waals surface area contributed by atoms with Gasteiger partial charge in [0.05, 0.1) is 0 Å². The van der Waals surface area contributed by atoms with E-state index in [1.165, 1.54) is 24.5 Å². The number of benzene rings is 1. The van der Waals surface area contributed by atoms with E-state index in [1.807, 2.05) is 24.5 Å². The molecule has 1 atom stereocenters. The lowest BCUT2D eigenvalue weighted by molar-refractivity contribution is -0.123. The summed E-state index contributed by atoms with van der Waals surface area (Å²) in [5.74, 6) is -1.22. The van der Waals surface area contributed by atoms with Crippen molar-refractivity contribution >= 4 is 35.1 Å². The van der Waals surface area contributed by atoms with Gasteiger partial charge in [-0.15, -0.1) is 11.8 Å². The van der Waals surface area contributed by atoms with Gasteiger partial charge >= 0.3 is 5.97 Å². The summed E-state index contributed by atoms with van der Waals surface area (Å²) < 4.78 is 6.72. The molecule has 0 saturated heterocycles. The first kappa shape index (κ1) is 18.8. The van der Waals surface area contributed by atoms with E-state index in [0.717, 1.165) is 4.90 Å². The minimum atomic E-state index is -0.971. The van der Waals surface area contributed by atoms with Crippen molar-refractivity contribution in [2.45, 2.75) is 24.8 Å². The number of rotatable bonds is 6. The summed E-state index contributed by atoms with van der Waals surface area (Å²) in [6.45, 7) is 2.92. The molecule has 2 rings (SSSR count). The van der Waals surface area contributed by atoms with Crippen LogP contribution in [0.4, 0.5) is 5.69 Å². The zero-order valence-corrected chi connectivity index (χ0v) is 15.3. The molecule has 0 spiro atoms. The van der Waals surface area contributed by atoms with Crippen LogP contribution in [0.25, 0.3) is 0 Å². The molecule has 1 aromatic carbocycles. The fraction of sp³-hybridized carbons (Fsp3) is 0.278. The minimum Gasteiger partial charge on any atom is -0.448 e. The van der Waals surface area contributed by atoms with Gasteiger partial charge in [-0.3, -0.25) is 9.59 Å². The number of aryl methyl sites for hydroxylation is 1. The number of esters is 1. The van der Waals surface area contributed by atoms with Crippen LogP contribution in [0.5, 0.6) is 0 Å². The Kier molecular flexibility index (Phi) is 6.03. The summed E-state index contributed by atoms with van der Waals surface area (Å²) in [4.78, 5) is 36.9. The Hall–Kier alpha value is -2.54. The van der Waals surface area contributed by atoms with Crippen molar-refractivity contribution in [3.8, 4) is 0 Å². The van der Waals surface area contributed by atoms with E-state index in [-0.39, 0.29) is 11.5 Å². The van der Waals surface area contributed by atoms with Crippen LogP contribution in [0.1, 0.15) is 34.7 Å². The molecule has 1 amide bonds. The van der Waals surface area contributed by atoms with Crippen molar-refractivity contribution in [1.82, 2.24) is 4.57 Å². The van der Waals surface area contributed by atoms with Gasteiger partial charge < -0.3 is 14.6 Å². The van der Waals surface area contributed by atoms with E-state index in [0.29, 0.717) is 11.3 Å². The first-order valence-corrected chi connectivity index (χ1v) is 8.87. The number of carbonyl (C=O) groups is 3. The Bertz CT molecular complexity index is 813. The normalized spacial score (nSPS) is 11.7. The van der Waals surface area contributed by atoms with Crippen molar-refractivity contribution in [2.75, 3.05) is 11.6 Å². The Morgan fingerprint density at radius 3 is 2.56 bits per heavy atom. The number of nitrogens with one attached hydrogen (secondary N) is 1. The Morgan fingerprint density at radius 1 is 1.24 bits per heavy atom. The average Bonchev–Trinajstić information content (AvgIpc) is 2.97. The molecular weight excluding hydrogens is 340 g/mol. The molecule has 1 N–H and O–H groups in total. The quantitative estimate of drug-likeness (QED) is 0.486. The Morgan fingerprint density at radius 2 is 1.96 bits per heavy atom. The van der Waals surface area contributed by atoms with Crippen LogP contribution in [0.15, 0.2) is 41.4 Å². The molecule has 1 heterocycles. The second-order valence-corrected chi connectivity index (χ2v) is 6.43. The molecule has 25 heavy (non-hydrogen) atoms. The lowest BCUT2D eigenvalue weighted by Gasteiger charge is -2.14. The van der Waals surface area contributed by atoms with Crippen LogP contribution in [0.2, 0.25) is 0 Å². The largest absolute Gasteiger partial charge is 0.448 e. The highest BCUT2D eigenvalue weighted by Crippen LogP contribution is 2.19. The van der Waals surface area contributed by atoms with Gasteiger partial charge in [0.25, 0.3) is 5.91 Å². The molecule has 0 aliphatic heterocycles. The highest BCUT2D eigenvalue weighted by Gasteiger charge is 2.22. The molecule has 6 nitrogen and oxygen atoms in total. The maximum atomic E-state index is 12.2. The number of hydrogen-bond donors (Lipinski definition) is 1. The molecule has 0 radical (unpaired) electrons. The third-order valence-corrected chi connectivity index (χ3v) is 4.34. The van der Waals surface area contributed by atoms with Crippen LogP contribution in [-0.2, 0) is 16.6 Å². The van der Waals surface area contributed by atoms with Gasteiger partial charge in [-0.2, -0.15) is 0 Å². The number of carbonyl (C=O) groups excluding carboxylic acids is 3. The molecule has 0 fully saturated rings. The standard InChI is InChI=1S/C18H20N2O4S/c1-11(21)13-8-16(20(3)10-13)18(23)24-12(2)17(22)19-14-6-5-7-15(9-14)25-4/h5-10,12H,1-4H3,(H,19,22)/t12-/m1/s1. The predicted octanol–water partition coefficient (Wildman–Crippen LogP) is 3.13. The second kappa shape index (κ2) is 8.02. The number of aromatic nitrogens is 1. The molecular formula is C18H20N2O4S. The van der Waals surface area contributed by atoms with Crippen LogP contribution >= 0.6 is 11.8 Å². The van der Waals surface area contributed by atoms with Crippen molar-refractivity contribution in [1.29, 1.82) is 0 Å². The average molecular weight is 360 g/mol. The van der Waals surface area contributed by atoms with Crippen LogP contribution in [0, 0.1) is 0 Å². The summed E-state index contributed by atoms with van der Waals surface area (Å²) in [7, 11) is 1.64. The third-order valence-electron chi connectivity index (χ3n) is 3.61. The lowest BCUT2D eigenvalue weighted by atomic mass is 10.2. The second-order valence-electron chi connectivity index (χ2n) is 5.55. The van der Waals surface area contributed by atoms with Gasteiger partial charge in [0.2, 0.25) is 0 Å². The van der Waals surface area contributed by atoms with Gasteiger partial charge in [0.1, 0.15) is 5.69 Å². The number of amides is 1. The van der Waals surface area contributed by atoms with Crippen molar-refractivity contribution < 1.29 is 19.1 Å². The highest BCUT2D eigenvalue weighted by molar-refractivity contribution is 7.98. The molecule has 0 aliphatic carbocycles. The highest BCUT2D eigenvalue weighted by atomic mass is 32.2. The fourth-order valence-electron chi connectivity index (χ4n) is 2.18. The van der Waals surface area contributed by atoms with E-state index in [2.05, 4.69) is 5.32 Å². The first-order valence-electron chi connectivity index (χ1n) is 7.65. The van der Waals surface area contributed by atoms with Crippen molar-refractivity contribution in [3.05, 3.63) is 47.8 Å². The molecule has 0 unspecified atom stereocenters. The van der Waals surface area contributed by atoms with E-state index in [4.69, 9.17) is 4.74 Å². The van der Waals surface area contributed by atoms with E-state index >= 15 is 0 Å². The molecule has 132 valence electrons. The van der Waals surface area contributed by atoms with E-state index < -0.39 is 18.0 Å². The van der Waals surface area contributed by atoms with Gasteiger partial charge in [0.15, 0.2) is 11.9 Å². The number of Topliss-reactive ketones (excluding diaryl/α,β-unsaturated/α-hetero) is 1. The number of ether oxygens (including phenoxy) is 1. The van der Waals surface area contributed by atoms with Crippen LogP contribution in [0.3, 0.4) is 0 Å². The summed E-state index contributed by atoms with van der Waals surface area (Å²) in [6.07, 6.45) is 2.53. The summed E-state index contributed by atoms with van der Waals surface area (Å²) >= 11 is 1.57. The van der Waals surface area contributed by atoms with Gasteiger partial charge in [-0.1, -0.05) is 6.07 Å². The zero-order valence-electron chi connectivity index (χ0n) is 14.5.